The van der Waals surface area contributed by atoms with Gasteiger partial charge in [-0.15, -0.1) is 0 Å². The third-order valence-corrected chi connectivity index (χ3v) is 14.7. The summed E-state index contributed by atoms with van der Waals surface area (Å²) >= 11 is 0. The highest BCUT2D eigenvalue weighted by atomic mass is 19.1. The number of pyridine rings is 1. The molecule has 0 bridgehead atoms. The maximum absolute atomic E-state index is 15.3. The lowest BCUT2D eigenvalue weighted by atomic mass is 9.45. The van der Waals surface area contributed by atoms with Crippen molar-refractivity contribution in [2.24, 2.45) is 34.5 Å². The number of hydrogen-bond donors (Lipinski definition) is 3. The van der Waals surface area contributed by atoms with Crippen molar-refractivity contribution in [3.8, 4) is 0 Å². The lowest BCUT2D eigenvalue weighted by Gasteiger charge is -2.60. The predicted octanol–water partition coefficient (Wildman–Crippen LogP) is 5.03. The highest BCUT2D eigenvalue weighted by Crippen LogP contribution is 2.66. The van der Waals surface area contributed by atoms with E-state index in [-0.39, 0.29) is 71.7 Å². The minimum Gasteiger partial charge on any atom is -0.462 e. The van der Waals surface area contributed by atoms with E-state index in [4.69, 9.17) is 4.74 Å². The molecule has 6 fully saturated rings. The first kappa shape index (κ1) is 37.1. The molecule has 2 heterocycles. The first-order valence-electron chi connectivity index (χ1n) is 20.6. The van der Waals surface area contributed by atoms with E-state index in [0.717, 1.165) is 77.3 Å². The average Bonchev–Trinajstić information content (AvgIpc) is 3.95. The number of ketones is 1. The molecule has 11 nitrogen and oxygen atoms in total. The van der Waals surface area contributed by atoms with E-state index in [0.29, 0.717) is 53.7 Å². The van der Waals surface area contributed by atoms with Crippen LogP contribution in [0.5, 0.6) is 0 Å². The molecule has 12 heteroatoms. The van der Waals surface area contributed by atoms with Crippen molar-refractivity contribution in [1.29, 1.82) is 0 Å². The number of rotatable bonds is 10. The molecule has 0 spiro atoms. The van der Waals surface area contributed by atoms with Crippen LogP contribution in [0.4, 0.5) is 10.1 Å². The number of carbonyl (C=O) groups excluding carboxylic acids is 4. The monoisotopic (exact) mass is 745 g/mol. The van der Waals surface area contributed by atoms with Crippen LogP contribution in [0, 0.1) is 40.3 Å². The summed E-state index contributed by atoms with van der Waals surface area (Å²) in [6.07, 6.45) is 12.1. The zero-order chi connectivity index (χ0) is 37.8. The molecule has 1 saturated heterocycles. The fourth-order valence-electron chi connectivity index (χ4n) is 11.5. The van der Waals surface area contributed by atoms with Gasteiger partial charge in [-0.3, -0.25) is 24.0 Å². The molecule has 6 aliphatic rings. The number of Topliss-reactive ketones (excluding diaryl/α,β-unsaturated/α-hetero) is 1. The summed E-state index contributed by atoms with van der Waals surface area (Å²) < 4.78 is 23.4. The maximum atomic E-state index is 15.3. The smallest absolute Gasteiger partial charge is 0.306 e. The summed E-state index contributed by atoms with van der Waals surface area (Å²) in [6.45, 7) is 7.83. The molecular weight excluding hydrogens is 689 g/mol. The number of piperazine rings is 1. The summed E-state index contributed by atoms with van der Waals surface area (Å²) in [5.41, 5.74) is 0.709. The number of aromatic nitrogens is 1. The number of esters is 1. The Morgan fingerprint density at radius 2 is 1.67 bits per heavy atom. The van der Waals surface area contributed by atoms with Gasteiger partial charge in [0.1, 0.15) is 23.3 Å². The molecule has 5 saturated carbocycles. The van der Waals surface area contributed by atoms with Crippen LogP contribution >= 0.6 is 0 Å². The van der Waals surface area contributed by atoms with Crippen LogP contribution in [-0.4, -0.2) is 73.5 Å². The Labute approximate surface area is 316 Å². The zero-order valence-corrected chi connectivity index (χ0v) is 31.9. The maximum Gasteiger partial charge on any atom is 0.306 e. The fourth-order valence-corrected chi connectivity index (χ4v) is 11.5. The number of anilines is 1. The van der Waals surface area contributed by atoms with Crippen molar-refractivity contribution in [2.45, 2.75) is 109 Å². The number of carbonyl (C=O) groups is 4. The number of ether oxygens (including phenoxy) is 1. The Hall–Kier alpha value is -3.80. The quantitative estimate of drug-likeness (QED) is 0.228. The lowest BCUT2D eigenvalue weighted by molar-refractivity contribution is -0.164. The van der Waals surface area contributed by atoms with Crippen molar-refractivity contribution < 1.29 is 28.3 Å². The molecule has 7 atom stereocenters. The van der Waals surface area contributed by atoms with E-state index in [2.05, 4.69) is 29.8 Å². The Morgan fingerprint density at radius 1 is 0.907 bits per heavy atom. The Kier molecular flexibility index (Phi) is 10.1. The van der Waals surface area contributed by atoms with Crippen LogP contribution in [0.15, 0.2) is 23.1 Å². The third-order valence-electron chi connectivity index (χ3n) is 14.7. The number of amides is 2. The SMILES string of the molecule is C[C@]12CCC(=O)CC1CCC1C2CC[C@@]2(C)C1CC[C@@H]2OC(=O)CCC(=O)NCCNC(=O)c1cn(C2CC2)c2cc(N3CCNCC3)c(F)cc2c1=O. The number of hydrogen-bond acceptors (Lipinski definition) is 8. The van der Waals surface area contributed by atoms with Gasteiger partial charge in [0.15, 0.2) is 0 Å². The number of fused-ring (bicyclic) bond motifs is 6. The van der Waals surface area contributed by atoms with E-state index in [1.54, 1.807) is 12.3 Å². The van der Waals surface area contributed by atoms with Gasteiger partial charge in [-0.2, -0.15) is 0 Å². The van der Waals surface area contributed by atoms with E-state index < -0.39 is 17.2 Å². The normalized spacial score (nSPS) is 32.0. The van der Waals surface area contributed by atoms with Crippen molar-refractivity contribution >= 4 is 40.2 Å². The van der Waals surface area contributed by atoms with Gasteiger partial charge < -0.3 is 30.2 Å². The van der Waals surface area contributed by atoms with Crippen molar-refractivity contribution in [2.75, 3.05) is 44.2 Å². The minimum absolute atomic E-state index is 0.0128. The largest absolute Gasteiger partial charge is 0.462 e. The number of benzene rings is 1. The van der Waals surface area contributed by atoms with Gasteiger partial charge in [-0.1, -0.05) is 13.8 Å². The zero-order valence-electron chi connectivity index (χ0n) is 31.9. The van der Waals surface area contributed by atoms with Gasteiger partial charge in [0.25, 0.3) is 5.91 Å². The lowest BCUT2D eigenvalue weighted by Crippen LogP contribution is -2.54. The van der Waals surface area contributed by atoms with Gasteiger partial charge in [0.05, 0.1) is 17.6 Å². The van der Waals surface area contributed by atoms with Crippen molar-refractivity contribution in [3.05, 3.63) is 39.9 Å². The first-order valence-corrected chi connectivity index (χ1v) is 20.6. The number of nitrogens with one attached hydrogen (secondary N) is 3. The summed E-state index contributed by atoms with van der Waals surface area (Å²) in [5, 5.41) is 8.93. The van der Waals surface area contributed by atoms with E-state index >= 15 is 4.39 Å². The average molecular weight is 746 g/mol. The minimum atomic E-state index is -0.575. The molecule has 1 aliphatic heterocycles. The number of nitrogens with zero attached hydrogens (tertiary/aromatic N) is 2. The standard InChI is InChI=1S/C42H56FN5O6/c1-41-13-11-27(49)21-25(41)3-6-28-31-7-8-36(42(31,2)14-12-32(28)41)54-38(51)10-9-37(50)45-15-16-46-40(53)30-24-48(26-4-5-26)34-23-35(47-19-17-44-18-20-47)33(43)22-29(34)39(30)52/h22-26,28,31-32,36,44H,3-21H2,1-2H3,(H,45,50)(H,46,53)/t25?,28?,31?,32?,36-,41-,42-/m0/s1. The van der Waals surface area contributed by atoms with Gasteiger partial charge >= 0.3 is 5.97 Å². The molecule has 4 unspecified atom stereocenters. The second-order valence-electron chi connectivity index (χ2n) is 17.7. The van der Waals surface area contributed by atoms with Gasteiger partial charge in [-0.25, -0.2) is 4.39 Å². The summed E-state index contributed by atoms with van der Waals surface area (Å²) in [4.78, 5) is 66.6. The second kappa shape index (κ2) is 14.7. The van der Waals surface area contributed by atoms with Crippen LogP contribution in [0.25, 0.3) is 10.9 Å². The number of halogens is 1. The fraction of sp³-hybridized carbons (Fsp3) is 0.690. The van der Waals surface area contributed by atoms with Gasteiger partial charge in [0, 0.05) is 81.6 Å². The van der Waals surface area contributed by atoms with Crippen molar-refractivity contribution in [1.82, 2.24) is 20.5 Å². The molecule has 1 aromatic heterocycles. The van der Waals surface area contributed by atoms with Crippen LogP contribution in [0.2, 0.25) is 0 Å². The molecule has 2 aromatic rings. The molecule has 1 aromatic carbocycles. The molecule has 3 N–H and O–H groups in total. The molecule has 5 aliphatic carbocycles. The molecule has 2 amide bonds. The van der Waals surface area contributed by atoms with Crippen molar-refractivity contribution in [3.63, 3.8) is 0 Å². The molecular formula is C42H56FN5O6. The van der Waals surface area contributed by atoms with Crippen LogP contribution < -0.4 is 26.3 Å². The summed E-state index contributed by atoms with van der Waals surface area (Å²) in [7, 11) is 0. The highest BCUT2D eigenvalue weighted by molar-refractivity contribution is 5.98. The highest BCUT2D eigenvalue weighted by Gasteiger charge is 2.61. The molecule has 0 radical (unpaired) electrons. The Bertz CT molecular complexity index is 1890. The summed E-state index contributed by atoms with van der Waals surface area (Å²) in [6, 6.07) is 3.16. The van der Waals surface area contributed by atoms with E-state index in [1.807, 2.05) is 9.47 Å². The molecule has 8 rings (SSSR count). The first-order chi connectivity index (χ1) is 26.0. The summed E-state index contributed by atoms with van der Waals surface area (Å²) in [5.74, 6) is 1.00. The van der Waals surface area contributed by atoms with Gasteiger partial charge in [-0.05, 0) is 99.0 Å². The van der Waals surface area contributed by atoms with E-state index in [9.17, 15) is 24.0 Å². The molecule has 54 heavy (non-hydrogen) atoms. The topological polar surface area (TPSA) is 139 Å². The van der Waals surface area contributed by atoms with Gasteiger partial charge in [0.2, 0.25) is 11.3 Å². The van der Waals surface area contributed by atoms with Crippen LogP contribution in [-0.2, 0) is 19.1 Å². The Morgan fingerprint density at radius 3 is 2.44 bits per heavy atom. The van der Waals surface area contributed by atoms with Crippen LogP contribution in [0.1, 0.15) is 114 Å². The van der Waals surface area contributed by atoms with Crippen LogP contribution in [0.3, 0.4) is 0 Å². The second-order valence-corrected chi connectivity index (χ2v) is 17.7. The molecule has 292 valence electrons. The van der Waals surface area contributed by atoms with E-state index in [1.165, 1.54) is 12.5 Å². The predicted molar refractivity (Wildman–Crippen MR) is 203 cm³/mol. The third kappa shape index (κ3) is 6.85. The Balaban J connectivity index is 0.810.